The molecular formula is C25H34N10O. The Balaban J connectivity index is 1.84. The highest BCUT2D eigenvalue weighted by molar-refractivity contribution is 6.60. The molecule has 0 fully saturated rings. The quantitative estimate of drug-likeness (QED) is 0.223. The first-order chi connectivity index (χ1) is 17.2. The summed E-state index contributed by atoms with van der Waals surface area (Å²) in [5.41, 5.74) is 9.80. The number of allylic oxidation sites excluding steroid dienone is 1. The molecule has 7 N–H and O–H groups in total. The zero-order valence-corrected chi connectivity index (χ0v) is 21.1. The van der Waals surface area contributed by atoms with E-state index in [1.165, 1.54) is 12.4 Å². The molecule has 2 heterocycles. The van der Waals surface area contributed by atoms with Crippen molar-refractivity contribution in [2.75, 3.05) is 25.5 Å². The van der Waals surface area contributed by atoms with Gasteiger partial charge in [-0.05, 0) is 57.0 Å². The van der Waals surface area contributed by atoms with Crippen molar-refractivity contribution in [3.8, 4) is 11.3 Å². The molecule has 11 heteroatoms. The molecule has 0 radical (unpaired) electrons. The largest absolute Gasteiger partial charge is 0.403 e. The lowest BCUT2D eigenvalue weighted by Crippen LogP contribution is -2.39. The van der Waals surface area contributed by atoms with Crippen LogP contribution in [-0.2, 0) is 11.2 Å². The summed E-state index contributed by atoms with van der Waals surface area (Å²) in [5, 5.41) is 13.1. The van der Waals surface area contributed by atoms with E-state index in [4.69, 9.17) is 11.6 Å². The molecule has 0 saturated carbocycles. The van der Waals surface area contributed by atoms with Crippen LogP contribution < -0.4 is 27.5 Å². The van der Waals surface area contributed by atoms with Crippen LogP contribution in [0.5, 0.6) is 0 Å². The lowest BCUT2D eigenvalue weighted by Gasteiger charge is -2.20. The van der Waals surface area contributed by atoms with Gasteiger partial charge in [-0.1, -0.05) is 12.1 Å². The van der Waals surface area contributed by atoms with E-state index in [0.717, 1.165) is 35.3 Å². The van der Waals surface area contributed by atoms with Gasteiger partial charge in [0, 0.05) is 37.8 Å². The summed E-state index contributed by atoms with van der Waals surface area (Å²) < 4.78 is 0. The van der Waals surface area contributed by atoms with Crippen LogP contribution in [0.3, 0.4) is 0 Å². The second-order valence-electron chi connectivity index (χ2n) is 9.24. The second-order valence-corrected chi connectivity index (χ2v) is 9.24. The molecule has 11 nitrogen and oxygen atoms in total. The number of hydrogen-bond donors (Lipinski definition) is 5. The third-order valence-corrected chi connectivity index (χ3v) is 5.34. The predicted octanol–water partition coefficient (Wildman–Crippen LogP) is 1.54. The minimum atomic E-state index is -0.375. The van der Waals surface area contributed by atoms with E-state index in [2.05, 4.69) is 47.1 Å². The second kappa shape index (κ2) is 12.0. The van der Waals surface area contributed by atoms with Crippen LogP contribution in [0.25, 0.3) is 11.3 Å². The van der Waals surface area contributed by atoms with Crippen molar-refractivity contribution in [1.29, 1.82) is 0 Å². The van der Waals surface area contributed by atoms with Gasteiger partial charge in [0.05, 0.1) is 29.2 Å². The van der Waals surface area contributed by atoms with Gasteiger partial charge < -0.3 is 27.5 Å². The van der Waals surface area contributed by atoms with Crippen LogP contribution in [0.2, 0.25) is 0 Å². The van der Waals surface area contributed by atoms with Crippen molar-refractivity contribution < 1.29 is 4.79 Å². The van der Waals surface area contributed by atoms with E-state index in [0.29, 0.717) is 18.2 Å². The Morgan fingerprint density at radius 2 is 2.06 bits per heavy atom. The van der Waals surface area contributed by atoms with E-state index in [1.54, 1.807) is 19.5 Å². The van der Waals surface area contributed by atoms with Gasteiger partial charge in [0.15, 0.2) is 5.71 Å². The molecule has 2 aromatic rings. The molecule has 1 atom stereocenters. The topological polar surface area (TPSA) is 168 Å². The Kier molecular flexibility index (Phi) is 8.85. The Morgan fingerprint density at radius 1 is 1.25 bits per heavy atom. The molecule has 1 aliphatic heterocycles. The normalized spacial score (nSPS) is 17.2. The van der Waals surface area contributed by atoms with Gasteiger partial charge >= 0.3 is 0 Å². The molecular weight excluding hydrogens is 456 g/mol. The predicted molar refractivity (Wildman–Crippen MR) is 145 cm³/mol. The molecule has 1 amide bonds. The number of carbonyl (C=O) groups is 1. The fourth-order valence-corrected chi connectivity index (χ4v) is 3.63. The Labute approximate surface area is 211 Å². The van der Waals surface area contributed by atoms with Gasteiger partial charge in [-0.3, -0.25) is 14.8 Å². The number of hydrazone groups is 1. The van der Waals surface area contributed by atoms with Crippen LogP contribution >= 0.6 is 0 Å². The number of carbonyl (C=O) groups excluding carboxylic acids is 1. The van der Waals surface area contributed by atoms with Crippen LogP contribution in [0.1, 0.15) is 37.9 Å². The summed E-state index contributed by atoms with van der Waals surface area (Å²) in [4.78, 5) is 30.1. The Morgan fingerprint density at radius 3 is 2.75 bits per heavy atom. The van der Waals surface area contributed by atoms with E-state index >= 15 is 0 Å². The summed E-state index contributed by atoms with van der Waals surface area (Å²) >= 11 is 0. The minimum Gasteiger partial charge on any atom is -0.403 e. The molecule has 0 bridgehead atoms. The zero-order chi connectivity index (χ0) is 26.1. The number of nitrogens with zero attached hydrogens (tertiary/aromatic N) is 5. The van der Waals surface area contributed by atoms with Gasteiger partial charge in [-0.25, -0.2) is 9.97 Å². The van der Waals surface area contributed by atoms with Gasteiger partial charge in [-0.15, -0.1) is 0 Å². The molecule has 0 spiro atoms. The number of hydrogen-bond acceptors (Lipinski definition) is 10. The first kappa shape index (κ1) is 26.5. The molecule has 0 saturated heterocycles. The Bertz CT molecular complexity index is 1190. The van der Waals surface area contributed by atoms with Crippen molar-refractivity contribution in [3.05, 3.63) is 53.5 Å². The van der Waals surface area contributed by atoms with E-state index < -0.39 is 0 Å². The van der Waals surface area contributed by atoms with Crippen molar-refractivity contribution >= 4 is 30.0 Å². The summed E-state index contributed by atoms with van der Waals surface area (Å²) in [6.07, 6.45) is 6.91. The third-order valence-electron chi connectivity index (χ3n) is 5.34. The van der Waals surface area contributed by atoms with Crippen LogP contribution in [0.4, 0.5) is 5.95 Å². The lowest BCUT2D eigenvalue weighted by molar-refractivity contribution is -0.115. The number of aromatic nitrogens is 2. The highest BCUT2D eigenvalue weighted by Crippen LogP contribution is 2.27. The average Bonchev–Trinajstić information content (AvgIpc) is 3.05. The van der Waals surface area contributed by atoms with Gasteiger partial charge in [0.2, 0.25) is 5.95 Å². The fourth-order valence-electron chi connectivity index (χ4n) is 3.63. The fraction of sp³-hybridized carbons (Fsp3) is 0.360. The number of aliphatic imine (C=N–C) groups is 2. The number of nitrogens with one attached hydrogen (secondary N) is 3. The van der Waals surface area contributed by atoms with Crippen molar-refractivity contribution in [2.24, 2.45) is 26.7 Å². The van der Waals surface area contributed by atoms with Gasteiger partial charge in [-0.2, -0.15) is 5.10 Å². The highest BCUT2D eigenvalue weighted by Gasteiger charge is 2.23. The number of amides is 1. The molecule has 0 aliphatic carbocycles. The van der Waals surface area contributed by atoms with Crippen molar-refractivity contribution in [1.82, 2.24) is 20.6 Å². The van der Waals surface area contributed by atoms with Crippen LogP contribution in [0.15, 0.2) is 57.4 Å². The maximum absolute atomic E-state index is 12.9. The molecule has 3 rings (SSSR count). The molecule has 190 valence electrons. The molecule has 1 aromatic carbocycles. The standard InChI is InChI=1S/C25H34N10O/c1-25(2,3)31-15-22(35-27)23(36)33-21-14-29-9-7-16-11-17(5-6-19(16)21)20-8-10-30-24(34-20)32-18(12-26)13-28-4/h5-6,8,10-13,15,21,29H,7,9,14,26-27H2,1-4H3,(H,33,36)(H,30,32,34). The zero-order valence-electron chi connectivity index (χ0n) is 21.1. The van der Waals surface area contributed by atoms with E-state index in [1.807, 2.05) is 39.0 Å². The first-order valence-electron chi connectivity index (χ1n) is 11.7. The minimum absolute atomic E-state index is 0.0763. The number of rotatable bonds is 7. The summed E-state index contributed by atoms with van der Waals surface area (Å²) in [6.45, 7) is 7.17. The van der Waals surface area contributed by atoms with Crippen molar-refractivity contribution in [2.45, 2.75) is 38.8 Å². The smallest absolute Gasteiger partial charge is 0.273 e. The molecule has 36 heavy (non-hydrogen) atoms. The van der Waals surface area contributed by atoms with Crippen LogP contribution in [0, 0.1) is 0 Å². The molecule has 1 unspecified atom stereocenters. The summed E-state index contributed by atoms with van der Waals surface area (Å²) in [5.74, 6) is 5.51. The summed E-state index contributed by atoms with van der Waals surface area (Å²) in [7, 11) is 1.66. The third kappa shape index (κ3) is 7.19. The van der Waals surface area contributed by atoms with Crippen molar-refractivity contribution in [3.63, 3.8) is 0 Å². The highest BCUT2D eigenvalue weighted by atomic mass is 16.2. The average molecular weight is 491 g/mol. The number of nitrogens with two attached hydrogens (primary N) is 2. The lowest BCUT2D eigenvalue weighted by atomic mass is 9.96. The van der Waals surface area contributed by atoms with Gasteiger partial charge in [0.25, 0.3) is 5.91 Å². The maximum Gasteiger partial charge on any atom is 0.273 e. The van der Waals surface area contributed by atoms with E-state index in [-0.39, 0.29) is 23.2 Å². The Hall–Kier alpha value is -4.12. The van der Waals surface area contributed by atoms with E-state index in [9.17, 15) is 4.79 Å². The van der Waals surface area contributed by atoms with Gasteiger partial charge in [0.1, 0.15) is 0 Å². The number of fused-ring (bicyclic) bond motifs is 1. The number of anilines is 1. The van der Waals surface area contributed by atoms with Crippen LogP contribution in [-0.4, -0.2) is 59.7 Å². The monoisotopic (exact) mass is 490 g/mol. The summed E-state index contributed by atoms with van der Waals surface area (Å²) in [6, 6.07) is 7.70. The molecule has 1 aliphatic rings. The first-order valence-corrected chi connectivity index (χ1v) is 11.7. The SMILES string of the molecule is CN=CC(=CN)Nc1nccc(-c2ccc3c(c2)CCNCC3NC(=O)C(C=NC(C)(C)C)=NN)n1. The number of benzene rings is 1. The maximum atomic E-state index is 12.9. The molecule has 1 aromatic heterocycles.